The van der Waals surface area contributed by atoms with Crippen LogP contribution in [0.3, 0.4) is 0 Å². The van der Waals surface area contributed by atoms with Crippen molar-refractivity contribution in [3.63, 3.8) is 0 Å². The van der Waals surface area contributed by atoms with Gasteiger partial charge in [-0.15, -0.1) is 0 Å². The topological polar surface area (TPSA) is 78.5 Å². The Morgan fingerprint density at radius 2 is 1.85 bits per heavy atom. The van der Waals surface area contributed by atoms with Gasteiger partial charge >= 0.3 is 0 Å². The van der Waals surface area contributed by atoms with E-state index in [1.54, 1.807) is 29.2 Å². The van der Waals surface area contributed by atoms with Gasteiger partial charge in [0.05, 0.1) is 6.54 Å². The molecule has 2 aromatic rings. The summed E-state index contributed by atoms with van der Waals surface area (Å²) in [4.78, 5) is 40.8. The fourth-order valence-electron chi connectivity index (χ4n) is 5.19. The minimum Gasteiger partial charge on any atom is -0.345 e. The minimum absolute atomic E-state index is 0.0474. The van der Waals surface area contributed by atoms with E-state index in [0.29, 0.717) is 22.9 Å². The number of benzene rings is 2. The summed E-state index contributed by atoms with van der Waals surface area (Å²) in [6.45, 7) is 1.89. The number of nitrogens with one attached hydrogen (secondary N) is 2. The summed E-state index contributed by atoms with van der Waals surface area (Å²) in [5.41, 5.74) is 2.28. The lowest BCUT2D eigenvalue weighted by molar-refractivity contribution is -0.127. The smallest absolute Gasteiger partial charge is 0.254 e. The summed E-state index contributed by atoms with van der Waals surface area (Å²) in [5.74, 6) is -0.428. The Kier molecular flexibility index (Phi) is 7.33. The molecule has 1 aliphatic heterocycles. The van der Waals surface area contributed by atoms with E-state index in [4.69, 9.17) is 11.6 Å². The number of halogens is 1. The highest BCUT2D eigenvalue weighted by atomic mass is 35.5. The van der Waals surface area contributed by atoms with Crippen molar-refractivity contribution in [1.82, 2.24) is 10.2 Å². The molecular formula is C26H30ClN3O3. The van der Waals surface area contributed by atoms with Gasteiger partial charge in [-0.3, -0.25) is 14.4 Å². The van der Waals surface area contributed by atoms with Gasteiger partial charge in [0.1, 0.15) is 6.04 Å². The zero-order chi connectivity index (χ0) is 23.4. The van der Waals surface area contributed by atoms with Gasteiger partial charge in [-0.05, 0) is 61.4 Å². The van der Waals surface area contributed by atoms with Crippen LogP contribution in [0, 0.1) is 5.92 Å². The van der Waals surface area contributed by atoms with Crippen molar-refractivity contribution in [2.45, 2.75) is 57.5 Å². The molecule has 1 aliphatic carbocycles. The summed E-state index contributed by atoms with van der Waals surface area (Å²) < 4.78 is 0. The van der Waals surface area contributed by atoms with E-state index in [2.05, 4.69) is 10.6 Å². The van der Waals surface area contributed by atoms with Gasteiger partial charge in [0.15, 0.2) is 0 Å². The molecule has 6 nitrogen and oxygen atoms in total. The third-order valence-electron chi connectivity index (χ3n) is 6.79. The van der Waals surface area contributed by atoms with Gasteiger partial charge in [-0.1, -0.05) is 55.6 Å². The number of fused-ring (bicyclic) bond motifs is 1. The standard InChI is InChI=1S/C26H30ClN3O3/c1-2-17-8-3-5-12-21(17)29-24(31)16-28-25(32)23-15-18-9-4-6-13-22(18)30(23)26(33)19-10-7-11-20(27)14-19/h3,5,7-8,10-12,14,18,22-23H,2,4,6,9,13,15-16H2,1H3,(H,28,32)(H,29,31). The summed E-state index contributed by atoms with van der Waals surface area (Å²) in [6.07, 6.45) is 5.51. The summed E-state index contributed by atoms with van der Waals surface area (Å²) in [7, 11) is 0. The second-order valence-corrected chi connectivity index (χ2v) is 9.30. The number of hydrogen-bond donors (Lipinski definition) is 2. The lowest BCUT2D eigenvalue weighted by Crippen LogP contribution is -2.50. The molecule has 0 aromatic heterocycles. The summed E-state index contributed by atoms with van der Waals surface area (Å²) in [6, 6.07) is 13.9. The van der Waals surface area contributed by atoms with E-state index in [9.17, 15) is 14.4 Å². The Morgan fingerprint density at radius 3 is 2.64 bits per heavy atom. The van der Waals surface area contributed by atoms with Crippen molar-refractivity contribution in [2.75, 3.05) is 11.9 Å². The number of carbonyl (C=O) groups excluding carboxylic acids is 3. The fourth-order valence-corrected chi connectivity index (χ4v) is 5.38. The number of hydrogen-bond acceptors (Lipinski definition) is 3. The van der Waals surface area contributed by atoms with E-state index < -0.39 is 6.04 Å². The van der Waals surface area contributed by atoms with Crippen LogP contribution in [0.1, 0.15) is 54.9 Å². The quantitative estimate of drug-likeness (QED) is 0.659. The second-order valence-electron chi connectivity index (χ2n) is 8.86. The van der Waals surface area contributed by atoms with Gasteiger partial charge in [0.2, 0.25) is 11.8 Å². The first-order valence-corrected chi connectivity index (χ1v) is 12.1. The number of para-hydroxylation sites is 1. The molecule has 0 radical (unpaired) electrons. The Labute approximate surface area is 199 Å². The Morgan fingerprint density at radius 1 is 1.06 bits per heavy atom. The van der Waals surface area contributed by atoms with E-state index in [-0.39, 0.29) is 30.3 Å². The predicted octanol–water partition coefficient (Wildman–Crippen LogP) is 4.43. The second kappa shape index (κ2) is 10.4. The van der Waals surface area contributed by atoms with Crippen LogP contribution in [0.4, 0.5) is 5.69 Å². The molecule has 174 valence electrons. The molecule has 2 aliphatic rings. The third-order valence-corrected chi connectivity index (χ3v) is 7.03. The van der Waals surface area contributed by atoms with Crippen molar-refractivity contribution in [3.05, 3.63) is 64.7 Å². The minimum atomic E-state index is -0.583. The Balaban J connectivity index is 1.45. The van der Waals surface area contributed by atoms with Gasteiger partial charge in [0.25, 0.3) is 5.91 Å². The van der Waals surface area contributed by atoms with Crippen molar-refractivity contribution >= 4 is 35.0 Å². The number of nitrogens with zero attached hydrogens (tertiary/aromatic N) is 1. The lowest BCUT2D eigenvalue weighted by atomic mass is 9.84. The van der Waals surface area contributed by atoms with E-state index >= 15 is 0 Å². The van der Waals surface area contributed by atoms with Crippen molar-refractivity contribution in [3.8, 4) is 0 Å². The first-order valence-electron chi connectivity index (χ1n) is 11.7. The fraction of sp³-hybridized carbons (Fsp3) is 0.423. The van der Waals surface area contributed by atoms with E-state index in [1.807, 2.05) is 31.2 Å². The van der Waals surface area contributed by atoms with E-state index in [1.165, 1.54) is 0 Å². The van der Waals surface area contributed by atoms with Gasteiger partial charge in [0, 0.05) is 22.3 Å². The Bertz CT molecular complexity index is 1040. The molecule has 0 spiro atoms. The molecule has 0 bridgehead atoms. The van der Waals surface area contributed by atoms with Crippen molar-refractivity contribution in [2.24, 2.45) is 5.92 Å². The molecule has 1 saturated heterocycles. The highest BCUT2D eigenvalue weighted by molar-refractivity contribution is 6.31. The van der Waals surface area contributed by atoms with Gasteiger partial charge in [-0.2, -0.15) is 0 Å². The number of likely N-dealkylation sites (tertiary alicyclic amines) is 1. The lowest BCUT2D eigenvalue weighted by Gasteiger charge is -2.33. The summed E-state index contributed by atoms with van der Waals surface area (Å²) in [5, 5.41) is 6.13. The number of aryl methyl sites for hydroxylation is 1. The van der Waals surface area contributed by atoms with Gasteiger partial charge in [-0.25, -0.2) is 0 Å². The number of rotatable bonds is 6. The number of carbonyl (C=O) groups is 3. The monoisotopic (exact) mass is 467 g/mol. The zero-order valence-electron chi connectivity index (χ0n) is 18.9. The molecule has 3 unspecified atom stereocenters. The third kappa shape index (κ3) is 5.22. The maximum absolute atomic E-state index is 13.4. The molecule has 33 heavy (non-hydrogen) atoms. The van der Waals surface area contributed by atoms with E-state index in [0.717, 1.165) is 43.4 Å². The van der Waals surface area contributed by atoms with Crippen LogP contribution in [0.5, 0.6) is 0 Å². The molecule has 1 saturated carbocycles. The molecule has 3 atom stereocenters. The average Bonchev–Trinajstić information content (AvgIpc) is 3.22. The predicted molar refractivity (Wildman–Crippen MR) is 129 cm³/mol. The molecule has 7 heteroatoms. The Hall–Kier alpha value is -2.86. The molecule has 4 rings (SSSR count). The van der Waals surface area contributed by atoms with Crippen LogP contribution in [-0.2, 0) is 16.0 Å². The molecule has 1 heterocycles. The van der Waals surface area contributed by atoms with Crippen LogP contribution in [-0.4, -0.2) is 41.2 Å². The SMILES string of the molecule is CCc1ccccc1NC(=O)CNC(=O)C1CC2CCCCC2N1C(=O)c1cccc(Cl)c1. The highest BCUT2D eigenvalue weighted by Gasteiger charge is 2.47. The number of anilines is 1. The maximum atomic E-state index is 13.4. The number of amides is 3. The van der Waals surface area contributed by atoms with Crippen LogP contribution in [0.15, 0.2) is 48.5 Å². The molecular weight excluding hydrogens is 438 g/mol. The highest BCUT2D eigenvalue weighted by Crippen LogP contribution is 2.40. The molecule has 2 N–H and O–H groups in total. The average molecular weight is 468 g/mol. The first kappa shape index (κ1) is 23.3. The first-order chi connectivity index (χ1) is 16.0. The van der Waals surface area contributed by atoms with Crippen LogP contribution in [0.2, 0.25) is 5.02 Å². The van der Waals surface area contributed by atoms with Crippen LogP contribution in [0.25, 0.3) is 0 Å². The van der Waals surface area contributed by atoms with Crippen LogP contribution < -0.4 is 10.6 Å². The normalized spacial score (nSPS) is 21.9. The van der Waals surface area contributed by atoms with Crippen LogP contribution >= 0.6 is 11.6 Å². The summed E-state index contributed by atoms with van der Waals surface area (Å²) >= 11 is 6.11. The molecule has 2 fully saturated rings. The maximum Gasteiger partial charge on any atom is 0.254 e. The largest absolute Gasteiger partial charge is 0.345 e. The van der Waals surface area contributed by atoms with Gasteiger partial charge < -0.3 is 15.5 Å². The van der Waals surface area contributed by atoms with Crippen molar-refractivity contribution in [1.29, 1.82) is 0 Å². The van der Waals surface area contributed by atoms with Crippen molar-refractivity contribution < 1.29 is 14.4 Å². The molecule has 3 amide bonds. The molecule has 2 aromatic carbocycles. The zero-order valence-corrected chi connectivity index (χ0v) is 19.6.